The fourth-order valence-electron chi connectivity index (χ4n) is 3.92. The summed E-state index contributed by atoms with van der Waals surface area (Å²) in [5, 5.41) is 3.43. The Morgan fingerprint density at radius 2 is 1.61 bits per heavy atom. The number of nitrogens with zero attached hydrogens (tertiary/aromatic N) is 2. The van der Waals surface area contributed by atoms with Crippen molar-refractivity contribution >= 4 is 38.9 Å². The van der Waals surface area contributed by atoms with Crippen LogP contribution in [0.15, 0.2) is 47.4 Å². The normalized spacial score (nSPS) is 18.0. The summed E-state index contributed by atoms with van der Waals surface area (Å²) in [7, 11) is -3.65. The minimum absolute atomic E-state index is 0.146. The summed E-state index contributed by atoms with van der Waals surface area (Å²) in [6.07, 6.45) is 2.75. The van der Waals surface area contributed by atoms with Gasteiger partial charge in [0.2, 0.25) is 10.0 Å². The van der Waals surface area contributed by atoms with Crippen molar-refractivity contribution in [1.82, 2.24) is 4.31 Å². The number of amides is 1. The van der Waals surface area contributed by atoms with Crippen molar-refractivity contribution in [3.8, 4) is 0 Å². The number of piperidine rings is 1. The van der Waals surface area contributed by atoms with Crippen LogP contribution in [0.1, 0.15) is 29.6 Å². The van der Waals surface area contributed by atoms with E-state index in [9.17, 15) is 13.2 Å². The zero-order valence-corrected chi connectivity index (χ0v) is 18.8. The predicted octanol–water partition coefficient (Wildman–Crippen LogP) is 3.60. The largest absolute Gasteiger partial charge is 0.378 e. The van der Waals surface area contributed by atoms with E-state index in [1.165, 1.54) is 10.4 Å². The van der Waals surface area contributed by atoms with Crippen LogP contribution in [0.2, 0.25) is 5.02 Å². The van der Waals surface area contributed by atoms with Gasteiger partial charge in [-0.3, -0.25) is 4.79 Å². The highest BCUT2D eigenvalue weighted by molar-refractivity contribution is 7.89. The van der Waals surface area contributed by atoms with Gasteiger partial charge in [0.25, 0.3) is 5.91 Å². The van der Waals surface area contributed by atoms with Crippen LogP contribution in [0.25, 0.3) is 0 Å². The van der Waals surface area contributed by atoms with Crippen LogP contribution < -0.4 is 10.2 Å². The van der Waals surface area contributed by atoms with Crippen molar-refractivity contribution in [3.63, 3.8) is 0 Å². The summed E-state index contributed by atoms with van der Waals surface area (Å²) in [5.41, 5.74) is 1.62. The van der Waals surface area contributed by atoms with Crippen molar-refractivity contribution in [2.75, 3.05) is 49.6 Å². The second kappa shape index (κ2) is 9.56. The molecular weight excluding hydrogens is 438 g/mol. The highest BCUT2D eigenvalue weighted by Gasteiger charge is 2.28. The lowest BCUT2D eigenvalue weighted by molar-refractivity contribution is 0.102. The summed E-state index contributed by atoms with van der Waals surface area (Å²) in [6, 6.07) is 11.6. The van der Waals surface area contributed by atoms with Gasteiger partial charge in [0, 0.05) is 42.6 Å². The minimum Gasteiger partial charge on any atom is -0.378 e. The van der Waals surface area contributed by atoms with Crippen molar-refractivity contribution in [1.29, 1.82) is 0 Å². The fraction of sp³-hybridized carbons (Fsp3) is 0.409. The molecule has 7 nitrogen and oxygen atoms in total. The van der Waals surface area contributed by atoms with E-state index in [-0.39, 0.29) is 10.8 Å². The van der Waals surface area contributed by atoms with Crippen molar-refractivity contribution in [3.05, 3.63) is 53.1 Å². The van der Waals surface area contributed by atoms with Crippen molar-refractivity contribution in [2.24, 2.45) is 0 Å². The Labute approximate surface area is 188 Å². The number of carbonyl (C=O) groups is 1. The number of benzene rings is 2. The molecule has 2 aliphatic rings. The molecule has 0 saturated carbocycles. The molecule has 2 aliphatic heterocycles. The third-order valence-corrected chi connectivity index (χ3v) is 7.77. The van der Waals surface area contributed by atoms with Crippen LogP contribution >= 0.6 is 11.6 Å². The smallest absolute Gasteiger partial charge is 0.257 e. The number of sulfonamides is 1. The minimum atomic E-state index is -3.65. The molecule has 0 bridgehead atoms. The number of carbonyl (C=O) groups excluding carboxylic acids is 1. The highest BCUT2D eigenvalue weighted by Crippen LogP contribution is 2.29. The van der Waals surface area contributed by atoms with Gasteiger partial charge in [-0.2, -0.15) is 4.31 Å². The molecule has 9 heteroatoms. The molecule has 2 saturated heterocycles. The number of hydrogen-bond acceptors (Lipinski definition) is 5. The molecule has 2 aromatic rings. The van der Waals surface area contributed by atoms with Crippen LogP contribution in [0, 0.1) is 0 Å². The van der Waals surface area contributed by atoms with Gasteiger partial charge in [0.15, 0.2) is 0 Å². The van der Waals surface area contributed by atoms with Gasteiger partial charge in [0.05, 0.1) is 23.7 Å². The van der Waals surface area contributed by atoms with E-state index >= 15 is 0 Å². The van der Waals surface area contributed by atoms with Crippen molar-refractivity contribution in [2.45, 2.75) is 24.2 Å². The maximum absolute atomic E-state index is 13.2. The summed E-state index contributed by atoms with van der Waals surface area (Å²) in [4.78, 5) is 15.4. The van der Waals surface area contributed by atoms with Crippen LogP contribution in [0.3, 0.4) is 0 Å². The molecule has 31 heavy (non-hydrogen) atoms. The lowest BCUT2D eigenvalue weighted by Crippen LogP contribution is -2.38. The van der Waals surface area contributed by atoms with Gasteiger partial charge >= 0.3 is 0 Å². The van der Waals surface area contributed by atoms with Gasteiger partial charge in [-0.15, -0.1) is 0 Å². The Morgan fingerprint density at radius 3 is 2.29 bits per heavy atom. The van der Waals surface area contributed by atoms with E-state index < -0.39 is 10.0 Å². The maximum atomic E-state index is 13.2. The molecule has 2 fully saturated rings. The number of morpholine rings is 1. The van der Waals surface area contributed by atoms with Crippen LogP contribution in [0.4, 0.5) is 11.4 Å². The third-order valence-electron chi connectivity index (χ3n) is 5.62. The van der Waals surface area contributed by atoms with E-state index in [1.807, 2.05) is 0 Å². The fourth-order valence-corrected chi connectivity index (χ4v) is 5.59. The van der Waals surface area contributed by atoms with Crippen LogP contribution in [0.5, 0.6) is 0 Å². The lowest BCUT2D eigenvalue weighted by Gasteiger charge is -2.31. The molecule has 0 radical (unpaired) electrons. The lowest BCUT2D eigenvalue weighted by atomic mass is 10.1. The molecule has 0 unspecified atom stereocenters. The summed E-state index contributed by atoms with van der Waals surface area (Å²) >= 11 is 5.93. The number of halogens is 1. The molecule has 1 N–H and O–H groups in total. The quantitative estimate of drug-likeness (QED) is 0.732. The maximum Gasteiger partial charge on any atom is 0.257 e. The van der Waals surface area contributed by atoms with Crippen molar-refractivity contribution < 1.29 is 17.9 Å². The molecule has 2 aromatic carbocycles. The second-order valence-corrected chi connectivity index (χ2v) is 10.1. The Balaban J connectivity index is 1.69. The molecule has 0 aliphatic carbocycles. The topological polar surface area (TPSA) is 79.0 Å². The Hall–Kier alpha value is -2.13. The molecule has 0 aromatic heterocycles. The molecule has 2 heterocycles. The zero-order chi connectivity index (χ0) is 21.8. The van der Waals surface area contributed by atoms with E-state index in [4.69, 9.17) is 16.3 Å². The number of nitrogens with one attached hydrogen (secondary N) is 1. The average molecular weight is 464 g/mol. The average Bonchev–Trinajstić information content (AvgIpc) is 2.81. The monoisotopic (exact) mass is 463 g/mol. The van der Waals surface area contributed by atoms with Crippen LogP contribution in [-0.4, -0.2) is 58.0 Å². The summed E-state index contributed by atoms with van der Waals surface area (Å²) < 4.78 is 33.3. The molecule has 0 spiro atoms. The number of rotatable bonds is 5. The molecular formula is C22H26ClN3O4S. The SMILES string of the molecule is O=C(Nc1ccc(Cl)cc1)c1cc(S(=O)(=O)N2CCCCC2)ccc1N1CCOCC1. The highest BCUT2D eigenvalue weighted by atomic mass is 35.5. The number of hydrogen-bond donors (Lipinski definition) is 1. The Bertz CT molecular complexity index is 1030. The van der Waals surface area contributed by atoms with Gasteiger partial charge in [-0.05, 0) is 55.3 Å². The Morgan fingerprint density at radius 1 is 0.935 bits per heavy atom. The van der Waals surface area contributed by atoms with Gasteiger partial charge in [0.1, 0.15) is 0 Å². The molecule has 166 valence electrons. The first-order valence-corrected chi connectivity index (χ1v) is 12.3. The first-order chi connectivity index (χ1) is 14.9. The summed E-state index contributed by atoms with van der Waals surface area (Å²) in [5.74, 6) is -0.362. The number of anilines is 2. The summed E-state index contributed by atoms with van der Waals surface area (Å²) in [6.45, 7) is 3.43. The standard InChI is InChI=1S/C22H26ClN3O4S/c23-17-4-6-18(7-5-17)24-22(27)20-16-19(31(28,29)26-10-2-1-3-11-26)8-9-21(20)25-12-14-30-15-13-25/h4-9,16H,1-3,10-15H2,(H,24,27). The van der Waals surface area contributed by atoms with E-state index in [0.29, 0.717) is 61.4 Å². The van der Waals surface area contributed by atoms with E-state index in [0.717, 1.165) is 19.3 Å². The zero-order valence-electron chi connectivity index (χ0n) is 17.2. The molecule has 0 atom stereocenters. The second-order valence-electron chi connectivity index (χ2n) is 7.70. The predicted molar refractivity (Wildman–Crippen MR) is 121 cm³/mol. The number of ether oxygens (including phenoxy) is 1. The van der Waals surface area contributed by atoms with Gasteiger partial charge in [-0.25, -0.2) is 8.42 Å². The van der Waals surface area contributed by atoms with Gasteiger partial charge < -0.3 is 15.0 Å². The van der Waals surface area contributed by atoms with Crippen LogP contribution in [-0.2, 0) is 14.8 Å². The molecule has 1 amide bonds. The van der Waals surface area contributed by atoms with E-state index in [1.54, 1.807) is 36.4 Å². The Kier molecular flexibility index (Phi) is 6.81. The third kappa shape index (κ3) is 5.03. The van der Waals surface area contributed by atoms with E-state index in [2.05, 4.69) is 10.2 Å². The first kappa shape index (κ1) is 22.1. The first-order valence-electron chi connectivity index (χ1n) is 10.5. The van der Waals surface area contributed by atoms with Gasteiger partial charge in [-0.1, -0.05) is 18.0 Å². The molecule has 4 rings (SSSR count).